The second-order valence-corrected chi connectivity index (χ2v) is 6.66. The van der Waals surface area contributed by atoms with Crippen LogP contribution in [0, 0.1) is 13.8 Å². The van der Waals surface area contributed by atoms with E-state index in [1.165, 1.54) is 0 Å². The van der Waals surface area contributed by atoms with E-state index < -0.39 is 5.60 Å². The van der Waals surface area contributed by atoms with Gasteiger partial charge >= 0.3 is 0 Å². The van der Waals surface area contributed by atoms with E-state index in [-0.39, 0.29) is 12.3 Å². The molecule has 26 heavy (non-hydrogen) atoms. The van der Waals surface area contributed by atoms with Gasteiger partial charge in [0.1, 0.15) is 0 Å². The number of benzene rings is 2. The van der Waals surface area contributed by atoms with Crippen molar-refractivity contribution in [3.63, 3.8) is 0 Å². The molecule has 0 aliphatic carbocycles. The molecule has 2 N–H and O–H groups in total. The lowest BCUT2D eigenvalue weighted by Crippen LogP contribution is -2.28. The van der Waals surface area contributed by atoms with Crippen LogP contribution in [-0.4, -0.2) is 20.8 Å². The molecule has 5 nitrogen and oxygen atoms in total. The summed E-state index contributed by atoms with van der Waals surface area (Å²) in [6, 6.07) is 19.0. The van der Waals surface area contributed by atoms with Gasteiger partial charge in [0.25, 0.3) is 0 Å². The lowest BCUT2D eigenvalue weighted by atomic mass is 9.92. The third-order valence-corrected chi connectivity index (χ3v) is 4.46. The van der Waals surface area contributed by atoms with E-state index in [9.17, 15) is 9.90 Å². The Balaban J connectivity index is 1.79. The number of amides is 1. The normalized spacial score (nSPS) is 13.2. The van der Waals surface area contributed by atoms with E-state index in [0.717, 1.165) is 17.1 Å². The monoisotopic (exact) mass is 349 g/mol. The summed E-state index contributed by atoms with van der Waals surface area (Å²) < 4.78 is 1.81. The van der Waals surface area contributed by atoms with Crippen molar-refractivity contribution in [2.45, 2.75) is 32.8 Å². The van der Waals surface area contributed by atoms with Crippen LogP contribution in [0.4, 0.5) is 5.69 Å². The molecular formula is C21H23N3O2. The van der Waals surface area contributed by atoms with Crippen molar-refractivity contribution >= 4 is 11.6 Å². The molecule has 0 saturated heterocycles. The van der Waals surface area contributed by atoms with Crippen LogP contribution in [0.5, 0.6) is 0 Å². The van der Waals surface area contributed by atoms with E-state index >= 15 is 0 Å². The van der Waals surface area contributed by atoms with E-state index in [1.54, 1.807) is 11.6 Å². The fraction of sp³-hybridized carbons (Fsp3) is 0.238. The molecule has 0 fully saturated rings. The van der Waals surface area contributed by atoms with Crippen molar-refractivity contribution in [2.24, 2.45) is 0 Å². The van der Waals surface area contributed by atoms with Crippen LogP contribution >= 0.6 is 0 Å². The maximum atomic E-state index is 12.5. The van der Waals surface area contributed by atoms with Gasteiger partial charge in [-0.15, -0.1) is 0 Å². The number of rotatable bonds is 5. The first kappa shape index (κ1) is 17.9. The van der Waals surface area contributed by atoms with Crippen LogP contribution in [0.2, 0.25) is 0 Å². The van der Waals surface area contributed by atoms with Gasteiger partial charge in [-0.1, -0.05) is 48.5 Å². The second kappa shape index (κ2) is 7.14. The highest BCUT2D eigenvalue weighted by Gasteiger charge is 2.27. The average Bonchev–Trinajstić information content (AvgIpc) is 2.91. The van der Waals surface area contributed by atoms with Crippen LogP contribution < -0.4 is 5.32 Å². The number of hydrogen-bond acceptors (Lipinski definition) is 3. The summed E-state index contributed by atoms with van der Waals surface area (Å²) in [6.45, 7) is 5.42. The quantitative estimate of drug-likeness (QED) is 0.738. The minimum absolute atomic E-state index is 0.0353. The maximum absolute atomic E-state index is 12.5. The number of aryl methyl sites for hydroxylation is 1. The highest BCUT2D eigenvalue weighted by Crippen LogP contribution is 2.27. The maximum Gasteiger partial charge on any atom is 0.227 e. The summed E-state index contributed by atoms with van der Waals surface area (Å²) in [5.41, 5.74) is 2.68. The zero-order valence-electron chi connectivity index (χ0n) is 15.2. The molecule has 3 rings (SSSR count). The predicted molar refractivity (Wildman–Crippen MR) is 102 cm³/mol. The van der Waals surface area contributed by atoms with Gasteiger partial charge in [-0.25, -0.2) is 4.68 Å². The zero-order valence-corrected chi connectivity index (χ0v) is 15.2. The molecule has 1 unspecified atom stereocenters. The zero-order chi connectivity index (χ0) is 18.7. The molecule has 0 spiro atoms. The first-order valence-electron chi connectivity index (χ1n) is 8.58. The lowest BCUT2D eigenvalue weighted by molar-refractivity contribution is -0.120. The standard InChI is InChI=1S/C21H23N3O2/c1-15-20(16(2)24(23-15)18-12-8-5-9-13-18)22-19(25)14-21(3,26)17-10-6-4-7-11-17/h4-13,26H,14H2,1-3H3,(H,22,25). The molecule has 1 atom stereocenters. The van der Waals surface area contributed by atoms with E-state index in [4.69, 9.17) is 0 Å². The van der Waals surface area contributed by atoms with E-state index in [1.807, 2.05) is 74.5 Å². The highest BCUT2D eigenvalue weighted by atomic mass is 16.3. The summed E-state index contributed by atoms with van der Waals surface area (Å²) in [5, 5.41) is 18.1. The molecule has 1 amide bonds. The van der Waals surface area contributed by atoms with Crippen LogP contribution in [0.15, 0.2) is 60.7 Å². The largest absolute Gasteiger partial charge is 0.385 e. The second-order valence-electron chi connectivity index (χ2n) is 6.66. The molecule has 0 aliphatic heterocycles. The SMILES string of the molecule is Cc1nn(-c2ccccc2)c(C)c1NC(=O)CC(C)(O)c1ccccc1. The van der Waals surface area contributed by atoms with Crippen LogP contribution in [0.1, 0.15) is 30.3 Å². The smallest absolute Gasteiger partial charge is 0.227 e. The summed E-state index contributed by atoms with van der Waals surface area (Å²) in [7, 11) is 0. The third-order valence-electron chi connectivity index (χ3n) is 4.46. The molecule has 1 aromatic heterocycles. The molecule has 0 saturated carbocycles. The van der Waals surface area contributed by atoms with Crippen LogP contribution in [-0.2, 0) is 10.4 Å². The van der Waals surface area contributed by atoms with Crippen molar-refractivity contribution < 1.29 is 9.90 Å². The van der Waals surface area contributed by atoms with Gasteiger partial charge in [0, 0.05) is 0 Å². The Morgan fingerprint density at radius 1 is 1.08 bits per heavy atom. The van der Waals surface area contributed by atoms with Gasteiger partial charge in [0.15, 0.2) is 0 Å². The van der Waals surface area contributed by atoms with Gasteiger partial charge in [0.05, 0.1) is 34.8 Å². The Bertz CT molecular complexity index is 900. The number of carbonyl (C=O) groups excluding carboxylic acids is 1. The topological polar surface area (TPSA) is 67.2 Å². The number of carbonyl (C=O) groups is 1. The van der Waals surface area contributed by atoms with Gasteiger partial charge in [0.2, 0.25) is 5.91 Å². The molecule has 134 valence electrons. The third kappa shape index (κ3) is 3.68. The Kier molecular flexibility index (Phi) is 4.91. The Morgan fingerprint density at radius 2 is 1.65 bits per heavy atom. The van der Waals surface area contributed by atoms with E-state index in [0.29, 0.717) is 11.3 Å². The van der Waals surface area contributed by atoms with Gasteiger partial charge in [-0.3, -0.25) is 4.79 Å². The summed E-state index contributed by atoms with van der Waals surface area (Å²) in [4.78, 5) is 12.5. The predicted octanol–water partition coefficient (Wildman–Crippen LogP) is 3.73. The molecule has 1 heterocycles. The molecule has 0 radical (unpaired) electrons. The van der Waals surface area contributed by atoms with Crippen molar-refractivity contribution in [3.05, 3.63) is 77.6 Å². The molecule has 2 aromatic carbocycles. The fourth-order valence-corrected chi connectivity index (χ4v) is 3.04. The number of nitrogens with one attached hydrogen (secondary N) is 1. The summed E-state index contributed by atoms with van der Waals surface area (Å²) in [5.74, 6) is -0.252. The lowest BCUT2D eigenvalue weighted by Gasteiger charge is -2.23. The average molecular weight is 349 g/mol. The fourth-order valence-electron chi connectivity index (χ4n) is 3.04. The minimum atomic E-state index is -1.23. The van der Waals surface area contributed by atoms with Gasteiger partial charge in [-0.05, 0) is 38.5 Å². The van der Waals surface area contributed by atoms with Crippen molar-refractivity contribution in [3.8, 4) is 5.69 Å². The molecule has 0 aliphatic rings. The van der Waals surface area contributed by atoms with E-state index in [2.05, 4.69) is 10.4 Å². The molecule has 5 heteroatoms. The molecule has 3 aromatic rings. The Labute approximate surface area is 153 Å². The summed E-state index contributed by atoms with van der Waals surface area (Å²) in [6.07, 6.45) is -0.0353. The number of hydrogen-bond donors (Lipinski definition) is 2. The Morgan fingerprint density at radius 3 is 2.27 bits per heavy atom. The molecule has 0 bridgehead atoms. The minimum Gasteiger partial charge on any atom is -0.385 e. The van der Waals surface area contributed by atoms with Crippen LogP contribution in [0.3, 0.4) is 0 Å². The van der Waals surface area contributed by atoms with Crippen molar-refractivity contribution in [1.29, 1.82) is 0 Å². The molecular weight excluding hydrogens is 326 g/mol. The number of anilines is 1. The van der Waals surface area contributed by atoms with Gasteiger partial charge in [-0.2, -0.15) is 5.10 Å². The summed E-state index contributed by atoms with van der Waals surface area (Å²) >= 11 is 0. The van der Waals surface area contributed by atoms with Crippen molar-refractivity contribution in [2.75, 3.05) is 5.32 Å². The van der Waals surface area contributed by atoms with Crippen LogP contribution in [0.25, 0.3) is 5.69 Å². The number of para-hydroxylation sites is 1. The first-order chi connectivity index (χ1) is 12.4. The van der Waals surface area contributed by atoms with Crippen molar-refractivity contribution in [1.82, 2.24) is 9.78 Å². The number of nitrogens with zero attached hydrogens (tertiary/aromatic N) is 2. The highest BCUT2D eigenvalue weighted by molar-refractivity contribution is 5.92. The Hall–Kier alpha value is -2.92. The first-order valence-corrected chi connectivity index (χ1v) is 8.58. The number of aromatic nitrogens is 2. The number of aliphatic hydroxyl groups is 1. The van der Waals surface area contributed by atoms with Gasteiger partial charge < -0.3 is 10.4 Å².